The van der Waals surface area contributed by atoms with Crippen molar-refractivity contribution in [1.29, 1.82) is 0 Å². The van der Waals surface area contributed by atoms with Gasteiger partial charge < -0.3 is 5.32 Å². The van der Waals surface area contributed by atoms with Gasteiger partial charge in [0.2, 0.25) is 0 Å². The highest BCUT2D eigenvalue weighted by molar-refractivity contribution is 7.84. The lowest BCUT2D eigenvalue weighted by molar-refractivity contribution is 0.550. The maximum atomic E-state index is 11.8. The molecule has 1 aliphatic carbocycles. The second kappa shape index (κ2) is 8.24. The molecule has 0 aromatic heterocycles. The Kier molecular flexibility index (Phi) is 7.30. The summed E-state index contributed by atoms with van der Waals surface area (Å²) in [6.07, 6.45) is 6.41. The van der Waals surface area contributed by atoms with Crippen molar-refractivity contribution in [3.63, 3.8) is 0 Å². The largest absolute Gasteiger partial charge is 0.316 e. The molecule has 0 saturated heterocycles. The van der Waals surface area contributed by atoms with Gasteiger partial charge in [0.25, 0.3) is 0 Å². The second-order valence-corrected chi connectivity index (χ2v) is 7.03. The molecule has 1 rings (SSSR count). The summed E-state index contributed by atoms with van der Waals surface area (Å²) in [7, 11) is -0.564. The van der Waals surface area contributed by atoms with Crippen LogP contribution in [0.15, 0.2) is 0 Å². The standard InChI is InChI=1S/C13H27NOS/c1-12(2)10-14-8-5-9-16(15)11-13-6-3-4-7-13/h12-14H,3-11H2,1-2H3. The van der Waals surface area contributed by atoms with Crippen LogP contribution in [0, 0.1) is 11.8 Å². The summed E-state index contributed by atoms with van der Waals surface area (Å²) >= 11 is 0. The van der Waals surface area contributed by atoms with Crippen molar-refractivity contribution in [2.75, 3.05) is 24.6 Å². The second-order valence-electron chi connectivity index (χ2n) is 5.41. The summed E-state index contributed by atoms with van der Waals surface area (Å²) in [5.41, 5.74) is 0. The van der Waals surface area contributed by atoms with Crippen molar-refractivity contribution in [3.05, 3.63) is 0 Å². The Hall–Kier alpha value is 0.110. The first-order valence-corrected chi connectivity index (χ1v) is 8.23. The summed E-state index contributed by atoms with van der Waals surface area (Å²) in [6, 6.07) is 0. The first-order valence-electron chi connectivity index (χ1n) is 6.74. The van der Waals surface area contributed by atoms with Gasteiger partial charge in [-0.25, -0.2) is 0 Å². The fourth-order valence-electron chi connectivity index (χ4n) is 2.27. The number of nitrogens with one attached hydrogen (secondary N) is 1. The molecule has 0 amide bonds. The zero-order chi connectivity index (χ0) is 11.8. The molecule has 0 bridgehead atoms. The average molecular weight is 245 g/mol. The van der Waals surface area contributed by atoms with Gasteiger partial charge in [-0.05, 0) is 44.2 Å². The van der Waals surface area contributed by atoms with E-state index in [2.05, 4.69) is 19.2 Å². The number of rotatable bonds is 8. The average Bonchev–Trinajstić information content (AvgIpc) is 2.69. The Balaban J connectivity index is 1.93. The molecule has 0 aromatic carbocycles. The van der Waals surface area contributed by atoms with Crippen LogP contribution in [0.5, 0.6) is 0 Å². The van der Waals surface area contributed by atoms with E-state index in [0.717, 1.165) is 36.9 Å². The predicted octanol–water partition coefficient (Wildman–Crippen LogP) is 2.56. The molecule has 0 spiro atoms. The maximum Gasteiger partial charge on any atom is 0.0263 e. The zero-order valence-electron chi connectivity index (χ0n) is 10.8. The highest BCUT2D eigenvalue weighted by Crippen LogP contribution is 2.25. The van der Waals surface area contributed by atoms with E-state index < -0.39 is 10.8 Å². The first kappa shape index (κ1) is 14.2. The highest BCUT2D eigenvalue weighted by Gasteiger charge is 2.17. The van der Waals surface area contributed by atoms with Crippen LogP contribution < -0.4 is 5.32 Å². The van der Waals surface area contributed by atoms with Gasteiger partial charge in [-0.3, -0.25) is 4.21 Å². The zero-order valence-corrected chi connectivity index (χ0v) is 11.7. The number of hydrogen-bond donors (Lipinski definition) is 1. The Morgan fingerprint density at radius 1 is 1.31 bits per heavy atom. The molecule has 0 heterocycles. The van der Waals surface area contributed by atoms with Crippen molar-refractivity contribution in [2.24, 2.45) is 11.8 Å². The van der Waals surface area contributed by atoms with Gasteiger partial charge in [-0.15, -0.1) is 0 Å². The normalized spacial score (nSPS) is 19.4. The van der Waals surface area contributed by atoms with E-state index >= 15 is 0 Å². The van der Waals surface area contributed by atoms with Crippen molar-refractivity contribution < 1.29 is 4.21 Å². The molecule has 1 fully saturated rings. The Morgan fingerprint density at radius 3 is 2.62 bits per heavy atom. The lowest BCUT2D eigenvalue weighted by Gasteiger charge is -2.09. The van der Waals surface area contributed by atoms with Crippen LogP contribution in [-0.4, -0.2) is 28.8 Å². The molecule has 2 nitrogen and oxygen atoms in total. The van der Waals surface area contributed by atoms with E-state index in [1.54, 1.807) is 0 Å². The molecule has 0 aliphatic heterocycles. The van der Waals surface area contributed by atoms with Gasteiger partial charge in [0.05, 0.1) is 0 Å². The Morgan fingerprint density at radius 2 is 2.00 bits per heavy atom. The van der Waals surface area contributed by atoms with Crippen LogP contribution in [0.25, 0.3) is 0 Å². The third-order valence-electron chi connectivity index (χ3n) is 3.17. The molecule has 1 aliphatic rings. The van der Waals surface area contributed by atoms with Crippen LogP contribution >= 0.6 is 0 Å². The molecule has 96 valence electrons. The molecular formula is C13H27NOS. The van der Waals surface area contributed by atoms with Gasteiger partial charge in [0.15, 0.2) is 0 Å². The Bertz CT molecular complexity index is 200. The molecule has 1 atom stereocenters. The fourth-order valence-corrected chi connectivity index (χ4v) is 3.76. The maximum absolute atomic E-state index is 11.8. The van der Waals surface area contributed by atoms with Gasteiger partial charge in [0, 0.05) is 22.3 Å². The van der Waals surface area contributed by atoms with E-state index in [1.165, 1.54) is 25.7 Å². The van der Waals surface area contributed by atoms with Crippen LogP contribution in [-0.2, 0) is 10.8 Å². The summed E-state index contributed by atoms with van der Waals surface area (Å²) < 4.78 is 11.8. The number of hydrogen-bond acceptors (Lipinski definition) is 2. The van der Waals surface area contributed by atoms with Crippen molar-refractivity contribution in [2.45, 2.75) is 46.0 Å². The topological polar surface area (TPSA) is 29.1 Å². The minimum absolute atomic E-state index is 0.564. The first-order chi connectivity index (χ1) is 7.68. The predicted molar refractivity (Wildman–Crippen MR) is 72.2 cm³/mol. The summed E-state index contributed by atoms with van der Waals surface area (Å²) in [6.45, 7) is 6.53. The Labute approximate surface area is 103 Å². The van der Waals surface area contributed by atoms with E-state index in [-0.39, 0.29) is 0 Å². The van der Waals surface area contributed by atoms with Crippen LogP contribution in [0.1, 0.15) is 46.0 Å². The third-order valence-corrected chi connectivity index (χ3v) is 4.76. The van der Waals surface area contributed by atoms with Gasteiger partial charge >= 0.3 is 0 Å². The van der Waals surface area contributed by atoms with Crippen LogP contribution in [0.2, 0.25) is 0 Å². The van der Waals surface area contributed by atoms with Crippen molar-refractivity contribution in [3.8, 4) is 0 Å². The van der Waals surface area contributed by atoms with Crippen LogP contribution in [0.4, 0.5) is 0 Å². The smallest absolute Gasteiger partial charge is 0.0263 e. The quantitative estimate of drug-likeness (QED) is 0.666. The van der Waals surface area contributed by atoms with Gasteiger partial charge in [-0.1, -0.05) is 26.7 Å². The van der Waals surface area contributed by atoms with Crippen LogP contribution in [0.3, 0.4) is 0 Å². The highest BCUT2D eigenvalue weighted by atomic mass is 32.2. The molecule has 3 heteroatoms. The summed E-state index contributed by atoms with van der Waals surface area (Å²) in [5, 5.41) is 3.40. The molecule has 1 saturated carbocycles. The molecule has 16 heavy (non-hydrogen) atoms. The molecular weight excluding hydrogens is 218 g/mol. The van der Waals surface area contributed by atoms with Gasteiger partial charge in [-0.2, -0.15) is 0 Å². The summed E-state index contributed by atoms with van der Waals surface area (Å²) in [5.74, 6) is 3.33. The molecule has 1 unspecified atom stereocenters. The van der Waals surface area contributed by atoms with Crippen molar-refractivity contribution >= 4 is 10.8 Å². The minimum Gasteiger partial charge on any atom is -0.316 e. The molecule has 0 aromatic rings. The van der Waals surface area contributed by atoms with Gasteiger partial charge in [0.1, 0.15) is 0 Å². The van der Waals surface area contributed by atoms with E-state index in [1.807, 2.05) is 0 Å². The van der Waals surface area contributed by atoms with Crippen molar-refractivity contribution in [1.82, 2.24) is 5.32 Å². The molecule has 1 N–H and O–H groups in total. The third kappa shape index (κ3) is 6.64. The lowest BCUT2D eigenvalue weighted by atomic mass is 10.1. The summed E-state index contributed by atoms with van der Waals surface area (Å²) in [4.78, 5) is 0. The van der Waals surface area contributed by atoms with E-state index in [4.69, 9.17) is 0 Å². The monoisotopic (exact) mass is 245 g/mol. The van der Waals surface area contributed by atoms with E-state index in [0.29, 0.717) is 5.92 Å². The molecule has 0 radical (unpaired) electrons. The minimum atomic E-state index is -0.564. The fraction of sp³-hybridized carbons (Fsp3) is 1.00. The lowest BCUT2D eigenvalue weighted by Crippen LogP contribution is -2.22. The van der Waals surface area contributed by atoms with E-state index in [9.17, 15) is 4.21 Å². The SMILES string of the molecule is CC(C)CNCCCS(=O)CC1CCCC1.